The van der Waals surface area contributed by atoms with Crippen LogP contribution in [0.3, 0.4) is 0 Å². The Balaban J connectivity index is 3.13. The number of ether oxygens (including phenoxy) is 1. The van der Waals surface area contributed by atoms with Crippen molar-refractivity contribution in [3.05, 3.63) is 12.7 Å². The molecule has 0 aliphatic heterocycles. The normalized spacial score (nSPS) is 9.08. The molecule has 0 heterocycles. The Labute approximate surface area is 72.8 Å². The maximum atomic E-state index is 10.8. The highest BCUT2D eigenvalue weighted by Gasteiger charge is 1.97. The minimum absolute atomic E-state index is 0.399. The second-order valence-electron chi connectivity index (χ2n) is 2.28. The van der Waals surface area contributed by atoms with Gasteiger partial charge in [-0.3, -0.25) is 0 Å². The summed E-state index contributed by atoms with van der Waals surface area (Å²) < 4.78 is 4.79. The lowest BCUT2D eigenvalue weighted by Crippen LogP contribution is -2.29. The van der Waals surface area contributed by atoms with Crippen LogP contribution in [0.5, 0.6) is 0 Å². The number of amides is 1. The number of carbonyl (C=O) groups excluding carboxylic acids is 1. The van der Waals surface area contributed by atoms with Crippen LogP contribution < -0.4 is 11.1 Å². The molecule has 0 radical (unpaired) electrons. The summed E-state index contributed by atoms with van der Waals surface area (Å²) in [5, 5.41) is 2.50. The number of nitrogens with one attached hydrogen (secondary N) is 1. The summed E-state index contributed by atoms with van der Waals surface area (Å²) in [6, 6.07) is 0. The lowest BCUT2D eigenvalue weighted by molar-refractivity contribution is 0.145. The van der Waals surface area contributed by atoms with Gasteiger partial charge in [0.1, 0.15) is 0 Å². The minimum Gasteiger partial charge on any atom is -0.450 e. The lowest BCUT2D eigenvalue weighted by Gasteiger charge is -2.04. The van der Waals surface area contributed by atoms with Crippen LogP contribution in [0.15, 0.2) is 12.7 Å². The van der Waals surface area contributed by atoms with E-state index in [0.29, 0.717) is 19.7 Å². The number of nitrogens with two attached hydrogens (primary N) is 1. The van der Waals surface area contributed by atoms with Crippen LogP contribution in [0, 0.1) is 0 Å². The molecule has 12 heavy (non-hydrogen) atoms. The highest BCUT2D eigenvalue weighted by atomic mass is 16.5. The van der Waals surface area contributed by atoms with Crippen molar-refractivity contribution in [1.82, 2.24) is 5.32 Å². The molecule has 4 heteroatoms. The van der Waals surface area contributed by atoms with Crippen LogP contribution in [-0.4, -0.2) is 25.8 Å². The average molecular weight is 172 g/mol. The predicted octanol–water partition coefficient (Wildman–Crippen LogP) is 0.638. The third kappa shape index (κ3) is 7.08. The van der Waals surface area contributed by atoms with Gasteiger partial charge in [0.25, 0.3) is 0 Å². The molecule has 0 saturated heterocycles. The van der Waals surface area contributed by atoms with Crippen molar-refractivity contribution >= 4 is 6.09 Å². The Morgan fingerprint density at radius 1 is 1.67 bits per heavy atom. The van der Waals surface area contributed by atoms with E-state index >= 15 is 0 Å². The zero-order chi connectivity index (χ0) is 9.23. The van der Waals surface area contributed by atoms with E-state index in [0.717, 1.165) is 12.8 Å². The van der Waals surface area contributed by atoms with Crippen molar-refractivity contribution in [3.63, 3.8) is 0 Å². The molecule has 0 unspecified atom stereocenters. The Kier molecular flexibility index (Phi) is 7.38. The molecule has 0 fully saturated rings. The van der Waals surface area contributed by atoms with Gasteiger partial charge in [0, 0.05) is 13.1 Å². The van der Waals surface area contributed by atoms with E-state index in [2.05, 4.69) is 11.9 Å². The van der Waals surface area contributed by atoms with E-state index in [4.69, 9.17) is 10.5 Å². The van der Waals surface area contributed by atoms with E-state index in [1.165, 1.54) is 0 Å². The van der Waals surface area contributed by atoms with Gasteiger partial charge in [0.15, 0.2) is 0 Å². The molecule has 0 bridgehead atoms. The monoisotopic (exact) mass is 172 g/mol. The van der Waals surface area contributed by atoms with Crippen LogP contribution in [0.25, 0.3) is 0 Å². The molecular formula is C8H16N2O2. The summed E-state index contributed by atoms with van der Waals surface area (Å²) in [7, 11) is 0. The van der Waals surface area contributed by atoms with E-state index in [9.17, 15) is 4.79 Å². The first-order valence-corrected chi connectivity index (χ1v) is 4.03. The van der Waals surface area contributed by atoms with Crippen molar-refractivity contribution in [2.75, 3.05) is 19.7 Å². The molecule has 0 rings (SSSR count). The third-order valence-electron chi connectivity index (χ3n) is 1.20. The molecule has 0 aromatic heterocycles. The molecule has 0 atom stereocenters. The number of alkyl carbamates (subject to hydrolysis) is 1. The molecular weight excluding hydrogens is 156 g/mol. The molecule has 4 nitrogen and oxygen atoms in total. The topological polar surface area (TPSA) is 64.3 Å². The number of unbranched alkanes of at least 4 members (excludes halogenated alkanes) is 1. The van der Waals surface area contributed by atoms with Crippen molar-refractivity contribution in [1.29, 1.82) is 0 Å². The number of hydrogen-bond acceptors (Lipinski definition) is 3. The van der Waals surface area contributed by atoms with Gasteiger partial charge < -0.3 is 15.8 Å². The molecule has 0 saturated carbocycles. The number of rotatable bonds is 6. The first kappa shape index (κ1) is 11.0. The molecule has 1 amide bonds. The van der Waals surface area contributed by atoms with Crippen LogP contribution in [0.4, 0.5) is 4.79 Å². The highest BCUT2D eigenvalue weighted by molar-refractivity contribution is 5.66. The second kappa shape index (κ2) is 8.07. The van der Waals surface area contributed by atoms with E-state index in [1.54, 1.807) is 6.08 Å². The van der Waals surface area contributed by atoms with Crippen LogP contribution in [0.2, 0.25) is 0 Å². The van der Waals surface area contributed by atoms with E-state index in [-0.39, 0.29) is 0 Å². The van der Waals surface area contributed by atoms with Crippen LogP contribution >= 0.6 is 0 Å². The largest absolute Gasteiger partial charge is 0.450 e. The SMILES string of the molecule is C=CCCCOC(=O)NCCN. The summed E-state index contributed by atoms with van der Waals surface area (Å²) in [5.41, 5.74) is 5.17. The van der Waals surface area contributed by atoms with Crippen molar-refractivity contribution in [2.24, 2.45) is 5.73 Å². The quantitative estimate of drug-likeness (QED) is 0.456. The Morgan fingerprint density at radius 3 is 3.00 bits per heavy atom. The molecule has 0 aliphatic rings. The first-order valence-electron chi connectivity index (χ1n) is 4.03. The minimum atomic E-state index is -0.399. The zero-order valence-electron chi connectivity index (χ0n) is 7.21. The van der Waals surface area contributed by atoms with Gasteiger partial charge in [-0.15, -0.1) is 6.58 Å². The fourth-order valence-electron chi connectivity index (χ4n) is 0.618. The lowest BCUT2D eigenvalue weighted by atomic mass is 10.3. The molecule has 3 N–H and O–H groups in total. The maximum Gasteiger partial charge on any atom is 0.407 e. The maximum absolute atomic E-state index is 10.8. The number of allylic oxidation sites excluding steroid dienone is 1. The molecule has 0 aromatic rings. The summed E-state index contributed by atoms with van der Waals surface area (Å²) in [6.45, 7) is 4.88. The molecule has 0 aliphatic carbocycles. The fraction of sp³-hybridized carbons (Fsp3) is 0.625. The zero-order valence-corrected chi connectivity index (χ0v) is 7.21. The third-order valence-corrected chi connectivity index (χ3v) is 1.20. The van der Waals surface area contributed by atoms with Gasteiger partial charge in [-0.25, -0.2) is 4.79 Å². The Bertz CT molecular complexity index is 137. The van der Waals surface area contributed by atoms with Gasteiger partial charge in [0.2, 0.25) is 0 Å². The van der Waals surface area contributed by atoms with Crippen molar-refractivity contribution in [2.45, 2.75) is 12.8 Å². The van der Waals surface area contributed by atoms with Gasteiger partial charge in [0.05, 0.1) is 6.61 Å². The predicted molar refractivity (Wildman–Crippen MR) is 47.8 cm³/mol. The van der Waals surface area contributed by atoms with Gasteiger partial charge in [-0.05, 0) is 12.8 Å². The standard InChI is InChI=1S/C8H16N2O2/c1-2-3-4-7-12-8(11)10-6-5-9/h2H,1,3-7,9H2,(H,10,11). The van der Waals surface area contributed by atoms with Gasteiger partial charge in [-0.2, -0.15) is 0 Å². The summed E-state index contributed by atoms with van der Waals surface area (Å²) in [6.07, 6.45) is 3.08. The summed E-state index contributed by atoms with van der Waals surface area (Å²) >= 11 is 0. The highest BCUT2D eigenvalue weighted by Crippen LogP contribution is 1.90. The first-order chi connectivity index (χ1) is 5.81. The van der Waals surface area contributed by atoms with Gasteiger partial charge in [-0.1, -0.05) is 6.08 Å². The fourth-order valence-corrected chi connectivity index (χ4v) is 0.618. The number of carbonyl (C=O) groups is 1. The molecule has 0 spiro atoms. The van der Waals surface area contributed by atoms with Crippen molar-refractivity contribution in [3.8, 4) is 0 Å². The van der Waals surface area contributed by atoms with E-state index < -0.39 is 6.09 Å². The molecule has 0 aromatic carbocycles. The van der Waals surface area contributed by atoms with Crippen LogP contribution in [-0.2, 0) is 4.74 Å². The summed E-state index contributed by atoms with van der Waals surface area (Å²) in [4.78, 5) is 10.8. The Morgan fingerprint density at radius 2 is 2.42 bits per heavy atom. The molecule has 70 valence electrons. The van der Waals surface area contributed by atoms with Crippen molar-refractivity contribution < 1.29 is 9.53 Å². The van der Waals surface area contributed by atoms with Gasteiger partial charge >= 0.3 is 6.09 Å². The Hall–Kier alpha value is -1.03. The number of hydrogen-bond donors (Lipinski definition) is 2. The average Bonchev–Trinajstić information content (AvgIpc) is 2.09. The second-order valence-corrected chi connectivity index (χ2v) is 2.28. The van der Waals surface area contributed by atoms with E-state index in [1.807, 2.05) is 0 Å². The summed E-state index contributed by atoms with van der Waals surface area (Å²) in [5.74, 6) is 0. The smallest absolute Gasteiger partial charge is 0.407 e. The van der Waals surface area contributed by atoms with Crippen LogP contribution in [0.1, 0.15) is 12.8 Å².